The van der Waals surface area contributed by atoms with Gasteiger partial charge in [0, 0.05) is 23.6 Å². The molecule has 1 aromatic rings. The SMILES string of the molecule is O=C(CN1CC2CC1CS2)c1ccco1. The van der Waals surface area contributed by atoms with Crippen molar-refractivity contribution in [2.75, 3.05) is 18.8 Å². The highest BCUT2D eigenvalue weighted by Crippen LogP contribution is 2.37. The van der Waals surface area contributed by atoms with E-state index in [9.17, 15) is 4.79 Å². The van der Waals surface area contributed by atoms with Gasteiger partial charge in [-0.05, 0) is 18.6 Å². The Hall–Kier alpha value is -0.740. The minimum Gasteiger partial charge on any atom is -0.461 e. The van der Waals surface area contributed by atoms with Crippen molar-refractivity contribution in [3.8, 4) is 0 Å². The molecule has 0 aromatic carbocycles. The lowest BCUT2D eigenvalue weighted by atomic mass is 10.2. The van der Waals surface area contributed by atoms with E-state index in [1.165, 1.54) is 12.2 Å². The third kappa shape index (κ3) is 1.72. The summed E-state index contributed by atoms with van der Waals surface area (Å²) in [6.45, 7) is 1.59. The number of furan rings is 1. The molecule has 3 heterocycles. The first-order valence-corrected chi connectivity index (χ1v) is 6.30. The minimum atomic E-state index is 0.109. The Morgan fingerprint density at radius 1 is 1.67 bits per heavy atom. The molecule has 2 unspecified atom stereocenters. The molecule has 15 heavy (non-hydrogen) atoms. The molecule has 0 radical (unpaired) electrons. The van der Waals surface area contributed by atoms with E-state index in [0.29, 0.717) is 18.3 Å². The van der Waals surface area contributed by atoms with E-state index in [1.54, 1.807) is 18.4 Å². The van der Waals surface area contributed by atoms with E-state index in [2.05, 4.69) is 4.90 Å². The number of hydrogen-bond acceptors (Lipinski definition) is 4. The average molecular weight is 223 g/mol. The van der Waals surface area contributed by atoms with Gasteiger partial charge in [-0.15, -0.1) is 0 Å². The van der Waals surface area contributed by atoms with Crippen LogP contribution in [0.3, 0.4) is 0 Å². The van der Waals surface area contributed by atoms with Gasteiger partial charge in [-0.3, -0.25) is 9.69 Å². The maximum atomic E-state index is 11.8. The van der Waals surface area contributed by atoms with Gasteiger partial charge < -0.3 is 4.42 Å². The molecule has 0 aliphatic carbocycles. The van der Waals surface area contributed by atoms with Crippen molar-refractivity contribution >= 4 is 17.5 Å². The maximum absolute atomic E-state index is 11.8. The highest BCUT2D eigenvalue weighted by atomic mass is 32.2. The number of carbonyl (C=O) groups excluding carboxylic acids is 1. The molecule has 2 aliphatic rings. The highest BCUT2D eigenvalue weighted by molar-refractivity contribution is 8.00. The predicted octanol–water partition coefficient (Wildman–Crippen LogP) is 1.65. The van der Waals surface area contributed by atoms with Crippen LogP contribution in [0.4, 0.5) is 0 Å². The molecule has 2 bridgehead atoms. The van der Waals surface area contributed by atoms with Crippen LogP contribution in [0.1, 0.15) is 17.0 Å². The fourth-order valence-corrected chi connectivity index (χ4v) is 3.87. The van der Waals surface area contributed by atoms with Crippen molar-refractivity contribution in [3.05, 3.63) is 24.2 Å². The summed E-state index contributed by atoms with van der Waals surface area (Å²) in [7, 11) is 0. The zero-order chi connectivity index (χ0) is 10.3. The Kier molecular flexibility index (Phi) is 2.33. The monoisotopic (exact) mass is 223 g/mol. The second kappa shape index (κ2) is 3.68. The molecule has 0 spiro atoms. The summed E-state index contributed by atoms with van der Waals surface area (Å²) < 4.78 is 5.10. The number of ketones is 1. The number of hydrogen-bond donors (Lipinski definition) is 0. The Morgan fingerprint density at radius 3 is 3.20 bits per heavy atom. The number of likely N-dealkylation sites (tertiary alicyclic amines) is 1. The molecule has 2 fully saturated rings. The van der Waals surface area contributed by atoms with Gasteiger partial charge in [-0.25, -0.2) is 0 Å². The van der Waals surface area contributed by atoms with Crippen LogP contribution in [0.5, 0.6) is 0 Å². The second-order valence-corrected chi connectivity index (χ2v) is 5.51. The molecule has 1 aromatic heterocycles. The normalized spacial score (nSPS) is 29.9. The molecule has 4 heteroatoms. The van der Waals surface area contributed by atoms with Crippen LogP contribution in [0.15, 0.2) is 22.8 Å². The molecule has 3 rings (SSSR count). The molecule has 80 valence electrons. The molecular formula is C11H13NO2S. The third-order valence-corrected chi connectivity index (χ3v) is 4.55. The van der Waals surface area contributed by atoms with Crippen molar-refractivity contribution in [3.63, 3.8) is 0 Å². The number of fused-ring (bicyclic) bond motifs is 2. The van der Waals surface area contributed by atoms with Crippen LogP contribution in [-0.2, 0) is 0 Å². The Labute approximate surface area is 92.8 Å². The minimum absolute atomic E-state index is 0.109. The summed E-state index contributed by atoms with van der Waals surface area (Å²) in [4.78, 5) is 14.1. The molecule has 2 aliphatic heterocycles. The lowest BCUT2D eigenvalue weighted by Gasteiger charge is -2.24. The van der Waals surface area contributed by atoms with E-state index in [-0.39, 0.29) is 5.78 Å². The van der Waals surface area contributed by atoms with E-state index in [0.717, 1.165) is 11.8 Å². The highest BCUT2D eigenvalue weighted by Gasteiger charge is 2.39. The lowest BCUT2D eigenvalue weighted by Crippen LogP contribution is -2.37. The second-order valence-electron chi connectivity index (χ2n) is 4.17. The van der Waals surface area contributed by atoms with Crippen LogP contribution in [0, 0.1) is 0 Å². The lowest BCUT2D eigenvalue weighted by molar-refractivity contribution is 0.0899. The standard InChI is InChI=1S/C11H13NO2S/c13-10(11-2-1-3-14-11)6-12-5-9-4-8(12)7-15-9/h1-3,8-9H,4-7H2. The van der Waals surface area contributed by atoms with E-state index in [1.807, 2.05) is 11.8 Å². The van der Waals surface area contributed by atoms with Crippen molar-refractivity contribution < 1.29 is 9.21 Å². The first kappa shape index (κ1) is 9.48. The van der Waals surface area contributed by atoms with Gasteiger partial charge in [0.15, 0.2) is 5.76 Å². The van der Waals surface area contributed by atoms with E-state index in [4.69, 9.17) is 4.42 Å². The van der Waals surface area contributed by atoms with Crippen LogP contribution in [0.2, 0.25) is 0 Å². The van der Waals surface area contributed by atoms with Gasteiger partial charge in [-0.1, -0.05) is 0 Å². The van der Waals surface area contributed by atoms with Gasteiger partial charge in [-0.2, -0.15) is 11.8 Å². The number of thioether (sulfide) groups is 1. The quantitative estimate of drug-likeness (QED) is 0.730. The van der Waals surface area contributed by atoms with Crippen molar-refractivity contribution in [1.82, 2.24) is 4.90 Å². The zero-order valence-electron chi connectivity index (χ0n) is 8.39. The van der Waals surface area contributed by atoms with Crippen LogP contribution in [-0.4, -0.2) is 40.8 Å². The third-order valence-electron chi connectivity index (χ3n) is 3.16. The first-order valence-electron chi connectivity index (χ1n) is 5.25. The van der Waals surface area contributed by atoms with Crippen molar-refractivity contribution in [2.45, 2.75) is 17.7 Å². The number of nitrogens with zero attached hydrogens (tertiary/aromatic N) is 1. The van der Waals surface area contributed by atoms with E-state index >= 15 is 0 Å². The topological polar surface area (TPSA) is 33.5 Å². The first-order chi connectivity index (χ1) is 7.33. The maximum Gasteiger partial charge on any atom is 0.211 e. The summed E-state index contributed by atoms with van der Waals surface area (Å²) in [5.74, 6) is 1.79. The predicted molar refractivity (Wildman–Crippen MR) is 59.3 cm³/mol. The largest absolute Gasteiger partial charge is 0.461 e. The summed E-state index contributed by atoms with van der Waals surface area (Å²) >= 11 is 2.04. The fourth-order valence-electron chi connectivity index (χ4n) is 2.37. The van der Waals surface area contributed by atoms with Crippen LogP contribution < -0.4 is 0 Å². The van der Waals surface area contributed by atoms with E-state index < -0.39 is 0 Å². The Bertz CT molecular complexity index is 363. The molecule has 3 nitrogen and oxygen atoms in total. The summed E-state index contributed by atoms with van der Waals surface area (Å²) in [6.07, 6.45) is 2.81. The summed E-state index contributed by atoms with van der Waals surface area (Å²) in [5.41, 5.74) is 0. The van der Waals surface area contributed by atoms with Gasteiger partial charge in [0.05, 0.1) is 12.8 Å². The molecule has 2 atom stereocenters. The van der Waals surface area contributed by atoms with Crippen molar-refractivity contribution in [2.24, 2.45) is 0 Å². The van der Waals surface area contributed by atoms with Gasteiger partial charge in [0.1, 0.15) is 0 Å². The van der Waals surface area contributed by atoms with Gasteiger partial charge >= 0.3 is 0 Å². The number of carbonyl (C=O) groups is 1. The number of rotatable bonds is 3. The van der Waals surface area contributed by atoms with Crippen LogP contribution in [0.25, 0.3) is 0 Å². The number of Topliss-reactive ketones (excluding diaryl/α,β-unsaturated/α-hetero) is 1. The Morgan fingerprint density at radius 2 is 2.60 bits per heavy atom. The summed E-state index contributed by atoms with van der Waals surface area (Å²) in [5, 5.41) is 0.763. The van der Waals surface area contributed by atoms with Gasteiger partial charge in [0.25, 0.3) is 0 Å². The molecule has 0 amide bonds. The molecular weight excluding hydrogens is 210 g/mol. The smallest absolute Gasteiger partial charge is 0.211 e. The summed E-state index contributed by atoms with van der Waals surface area (Å²) in [6, 6.07) is 4.13. The van der Waals surface area contributed by atoms with Crippen LogP contribution >= 0.6 is 11.8 Å². The van der Waals surface area contributed by atoms with Crippen molar-refractivity contribution in [1.29, 1.82) is 0 Å². The average Bonchev–Trinajstić information content (AvgIpc) is 2.95. The molecule has 0 saturated carbocycles. The molecule has 2 saturated heterocycles. The zero-order valence-corrected chi connectivity index (χ0v) is 9.20. The molecule has 0 N–H and O–H groups in total. The fraction of sp³-hybridized carbons (Fsp3) is 0.545. The van der Waals surface area contributed by atoms with Gasteiger partial charge in [0.2, 0.25) is 5.78 Å². The Balaban J connectivity index is 1.64.